The summed E-state index contributed by atoms with van der Waals surface area (Å²) in [5, 5.41) is 27.9. The van der Waals surface area contributed by atoms with Crippen LogP contribution in [0.4, 0.5) is 0 Å². The second-order valence-electron chi connectivity index (χ2n) is 3.48. The summed E-state index contributed by atoms with van der Waals surface area (Å²) < 4.78 is 10.7. The molecule has 5 nitrogen and oxygen atoms in total. The van der Waals surface area contributed by atoms with Gasteiger partial charge in [0.15, 0.2) is 5.22 Å². The van der Waals surface area contributed by atoms with E-state index >= 15 is 0 Å². The predicted octanol–water partition coefficient (Wildman–Crippen LogP) is -0.0772. The first-order valence-corrected chi connectivity index (χ1v) is 6.80. The van der Waals surface area contributed by atoms with Crippen LogP contribution in [0.5, 0.6) is 0 Å². The van der Waals surface area contributed by atoms with Crippen LogP contribution in [0.2, 0.25) is 0 Å². The predicted molar refractivity (Wildman–Crippen MR) is 61.2 cm³/mol. The highest BCUT2D eigenvalue weighted by Gasteiger charge is 2.48. The van der Waals surface area contributed by atoms with E-state index in [-0.39, 0.29) is 5.76 Å². The maximum absolute atomic E-state index is 10.3. The van der Waals surface area contributed by atoms with Crippen molar-refractivity contribution in [1.29, 1.82) is 0 Å². The SMILES string of the molecule is CCO[SiH](OCC)C1(O)C=CC=C(O)C1O. The van der Waals surface area contributed by atoms with Crippen molar-refractivity contribution >= 4 is 9.28 Å². The third kappa shape index (κ3) is 2.53. The minimum Gasteiger partial charge on any atom is -0.509 e. The van der Waals surface area contributed by atoms with Gasteiger partial charge in [-0.15, -0.1) is 0 Å². The average molecular weight is 246 g/mol. The fraction of sp³-hybridized carbons (Fsp3) is 0.600. The summed E-state index contributed by atoms with van der Waals surface area (Å²) >= 11 is 0. The molecule has 0 bridgehead atoms. The van der Waals surface area contributed by atoms with Crippen molar-refractivity contribution in [2.24, 2.45) is 0 Å². The molecule has 0 heterocycles. The lowest BCUT2D eigenvalue weighted by Gasteiger charge is -2.35. The quantitative estimate of drug-likeness (QED) is 0.591. The monoisotopic (exact) mass is 246 g/mol. The number of aliphatic hydroxyl groups excluding tert-OH is 2. The van der Waals surface area contributed by atoms with Gasteiger partial charge in [0.1, 0.15) is 11.9 Å². The normalized spacial score (nSPS) is 29.6. The maximum atomic E-state index is 10.3. The Morgan fingerprint density at radius 3 is 2.44 bits per heavy atom. The lowest BCUT2D eigenvalue weighted by atomic mass is 10.1. The van der Waals surface area contributed by atoms with Gasteiger partial charge in [-0.05, 0) is 26.0 Å². The molecule has 0 fully saturated rings. The molecular formula is C10H18O5Si. The van der Waals surface area contributed by atoms with Crippen LogP contribution >= 0.6 is 0 Å². The lowest BCUT2D eigenvalue weighted by molar-refractivity contribution is -0.0179. The van der Waals surface area contributed by atoms with Crippen LogP contribution in [0, 0.1) is 0 Å². The first-order valence-electron chi connectivity index (χ1n) is 5.28. The molecular weight excluding hydrogens is 228 g/mol. The Balaban J connectivity index is 2.89. The smallest absolute Gasteiger partial charge is 0.361 e. The molecule has 0 aromatic heterocycles. The Morgan fingerprint density at radius 2 is 1.94 bits per heavy atom. The summed E-state index contributed by atoms with van der Waals surface area (Å²) in [5.41, 5.74) is 0. The van der Waals surface area contributed by atoms with Crippen LogP contribution in [-0.4, -0.2) is 49.1 Å². The Bertz CT molecular complexity index is 285. The third-order valence-electron chi connectivity index (χ3n) is 2.36. The van der Waals surface area contributed by atoms with Crippen molar-refractivity contribution < 1.29 is 24.2 Å². The standard InChI is InChI=1S/C10H18O5Si/c1-3-14-16(15-4-2)10(13)7-5-6-8(11)9(10)12/h5-7,9,11-13,16H,3-4H2,1-2H3. The van der Waals surface area contributed by atoms with Gasteiger partial charge in [0.05, 0.1) is 0 Å². The van der Waals surface area contributed by atoms with E-state index in [9.17, 15) is 15.3 Å². The number of allylic oxidation sites excluding steroid dienone is 2. The van der Waals surface area contributed by atoms with Crippen molar-refractivity contribution in [2.75, 3.05) is 13.2 Å². The van der Waals surface area contributed by atoms with E-state index in [1.54, 1.807) is 13.8 Å². The summed E-state index contributed by atoms with van der Waals surface area (Å²) in [4.78, 5) is 0. The summed E-state index contributed by atoms with van der Waals surface area (Å²) in [7, 11) is -2.51. The van der Waals surface area contributed by atoms with Crippen molar-refractivity contribution in [3.63, 3.8) is 0 Å². The van der Waals surface area contributed by atoms with Gasteiger partial charge in [-0.25, -0.2) is 0 Å². The van der Waals surface area contributed by atoms with E-state index < -0.39 is 20.6 Å². The zero-order valence-corrected chi connectivity index (χ0v) is 10.6. The fourth-order valence-corrected chi connectivity index (χ4v) is 3.48. The van der Waals surface area contributed by atoms with Crippen LogP contribution in [0.3, 0.4) is 0 Å². The van der Waals surface area contributed by atoms with Crippen molar-refractivity contribution in [3.8, 4) is 0 Å². The van der Waals surface area contributed by atoms with Crippen LogP contribution in [0.25, 0.3) is 0 Å². The molecule has 0 aromatic carbocycles. The molecule has 0 saturated heterocycles. The molecule has 0 amide bonds. The van der Waals surface area contributed by atoms with Crippen LogP contribution < -0.4 is 0 Å². The molecule has 3 N–H and O–H groups in total. The van der Waals surface area contributed by atoms with E-state index in [1.807, 2.05) is 0 Å². The number of aliphatic hydroxyl groups is 3. The lowest BCUT2D eigenvalue weighted by Crippen LogP contribution is -2.58. The number of hydrogen-bond donors (Lipinski definition) is 3. The maximum Gasteiger partial charge on any atom is 0.361 e. The first-order chi connectivity index (χ1) is 7.56. The van der Waals surface area contributed by atoms with Gasteiger partial charge in [0.2, 0.25) is 0 Å². The molecule has 1 aliphatic rings. The van der Waals surface area contributed by atoms with Crippen molar-refractivity contribution in [1.82, 2.24) is 0 Å². The molecule has 2 atom stereocenters. The second-order valence-corrected chi connectivity index (χ2v) is 5.74. The molecule has 0 spiro atoms. The Hall–Kier alpha value is -0.663. The molecule has 1 rings (SSSR count). The third-order valence-corrected chi connectivity index (χ3v) is 4.90. The van der Waals surface area contributed by atoms with Gasteiger partial charge >= 0.3 is 9.28 Å². The van der Waals surface area contributed by atoms with Gasteiger partial charge in [-0.3, -0.25) is 0 Å². The highest BCUT2D eigenvalue weighted by molar-refractivity contribution is 6.49. The molecule has 16 heavy (non-hydrogen) atoms. The summed E-state index contributed by atoms with van der Waals surface area (Å²) in [6.45, 7) is 4.36. The van der Waals surface area contributed by atoms with E-state index in [2.05, 4.69) is 0 Å². The highest BCUT2D eigenvalue weighted by atomic mass is 28.3. The number of rotatable bonds is 5. The fourth-order valence-electron chi connectivity index (χ4n) is 1.55. The van der Waals surface area contributed by atoms with Gasteiger partial charge in [0.25, 0.3) is 0 Å². The Morgan fingerprint density at radius 1 is 1.38 bits per heavy atom. The van der Waals surface area contributed by atoms with Crippen LogP contribution in [0.15, 0.2) is 24.0 Å². The van der Waals surface area contributed by atoms with Gasteiger partial charge in [0, 0.05) is 13.2 Å². The molecule has 1 aliphatic carbocycles. The minimum atomic E-state index is -2.51. The number of hydrogen-bond acceptors (Lipinski definition) is 5. The Kier molecular flexibility index (Phi) is 4.69. The average Bonchev–Trinajstić information content (AvgIpc) is 2.25. The molecule has 6 heteroatoms. The second kappa shape index (κ2) is 5.60. The molecule has 92 valence electrons. The summed E-state index contributed by atoms with van der Waals surface area (Å²) in [6.07, 6.45) is 2.86. The van der Waals surface area contributed by atoms with E-state index in [0.717, 1.165) is 0 Å². The highest BCUT2D eigenvalue weighted by Crippen LogP contribution is 2.26. The topological polar surface area (TPSA) is 79.2 Å². The van der Waals surface area contributed by atoms with Crippen LogP contribution in [0.1, 0.15) is 13.8 Å². The van der Waals surface area contributed by atoms with Gasteiger partial charge in [-0.1, -0.05) is 6.08 Å². The molecule has 0 aliphatic heterocycles. The molecule has 0 radical (unpaired) electrons. The van der Waals surface area contributed by atoms with Crippen molar-refractivity contribution in [2.45, 2.75) is 25.2 Å². The molecule has 0 saturated carbocycles. The zero-order chi connectivity index (χ0) is 12.2. The van der Waals surface area contributed by atoms with E-state index in [4.69, 9.17) is 8.85 Å². The molecule has 2 unspecified atom stereocenters. The molecule has 0 aromatic rings. The van der Waals surface area contributed by atoms with E-state index in [0.29, 0.717) is 13.2 Å². The summed E-state index contributed by atoms with van der Waals surface area (Å²) in [6, 6.07) is 0. The van der Waals surface area contributed by atoms with Crippen molar-refractivity contribution in [3.05, 3.63) is 24.0 Å². The largest absolute Gasteiger partial charge is 0.509 e. The first kappa shape index (κ1) is 13.4. The summed E-state index contributed by atoms with van der Waals surface area (Å²) in [5.74, 6) is -0.276. The van der Waals surface area contributed by atoms with E-state index in [1.165, 1.54) is 18.2 Å². The minimum absolute atomic E-state index is 0.276. The Labute approximate surface area is 96.5 Å². The van der Waals surface area contributed by atoms with Gasteiger partial charge < -0.3 is 24.2 Å². The zero-order valence-electron chi connectivity index (χ0n) is 9.46. The van der Waals surface area contributed by atoms with Crippen LogP contribution in [-0.2, 0) is 8.85 Å². The van der Waals surface area contributed by atoms with Gasteiger partial charge in [-0.2, -0.15) is 0 Å².